The van der Waals surface area contributed by atoms with Crippen LogP contribution in [0, 0.1) is 12.3 Å². The number of nitrogens with zero attached hydrogens (tertiary/aromatic N) is 1. The van der Waals surface area contributed by atoms with Crippen molar-refractivity contribution < 1.29 is 4.74 Å². The lowest BCUT2D eigenvalue weighted by atomic mass is 9.64. The molecule has 2 rings (SSSR count). The van der Waals surface area contributed by atoms with E-state index in [-0.39, 0.29) is 5.41 Å². The average molecular weight is 314 g/mol. The van der Waals surface area contributed by atoms with Crippen molar-refractivity contribution >= 4 is 27.4 Å². The molecular formula is C13H20BrN3O. The minimum absolute atomic E-state index is 0.116. The smallest absolute Gasteiger partial charge is 0.140 e. The number of rotatable bonds is 3. The maximum absolute atomic E-state index is 5.82. The summed E-state index contributed by atoms with van der Waals surface area (Å²) in [6, 6.07) is 0.370. The molecule has 0 radical (unpaired) electrons. The summed E-state index contributed by atoms with van der Waals surface area (Å²) in [6.07, 6.45) is 3.01. The van der Waals surface area contributed by atoms with E-state index in [4.69, 9.17) is 10.5 Å². The fourth-order valence-electron chi connectivity index (χ4n) is 2.39. The molecule has 3 N–H and O–H groups in total. The normalized spacial score (nSPS) is 25.6. The predicted octanol–water partition coefficient (Wildman–Crippen LogP) is 2.96. The monoisotopic (exact) mass is 313 g/mol. The second-order valence-electron chi connectivity index (χ2n) is 5.48. The number of nitrogens with one attached hydrogen (secondary N) is 1. The van der Waals surface area contributed by atoms with Gasteiger partial charge in [0.1, 0.15) is 5.82 Å². The van der Waals surface area contributed by atoms with Crippen molar-refractivity contribution in [2.24, 2.45) is 5.41 Å². The van der Waals surface area contributed by atoms with Gasteiger partial charge in [-0.25, -0.2) is 4.98 Å². The van der Waals surface area contributed by atoms with Gasteiger partial charge in [0.25, 0.3) is 0 Å². The molecule has 0 saturated heterocycles. The van der Waals surface area contributed by atoms with Crippen LogP contribution in [0.3, 0.4) is 0 Å². The molecule has 0 bridgehead atoms. The summed E-state index contributed by atoms with van der Waals surface area (Å²) in [7, 11) is 1.77. The maximum atomic E-state index is 5.82. The molecule has 0 amide bonds. The van der Waals surface area contributed by atoms with Gasteiger partial charge in [-0.1, -0.05) is 13.8 Å². The van der Waals surface area contributed by atoms with E-state index in [2.05, 4.69) is 40.1 Å². The molecule has 1 aliphatic rings. The van der Waals surface area contributed by atoms with E-state index >= 15 is 0 Å². The molecule has 2 unspecified atom stereocenters. The van der Waals surface area contributed by atoms with E-state index < -0.39 is 0 Å². The molecule has 1 fully saturated rings. The minimum atomic E-state index is 0.116. The fourth-order valence-corrected chi connectivity index (χ4v) is 2.83. The van der Waals surface area contributed by atoms with Crippen LogP contribution in [0.5, 0.6) is 0 Å². The first-order chi connectivity index (χ1) is 8.37. The van der Waals surface area contributed by atoms with Crippen LogP contribution in [-0.2, 0) is 4.74 Å². The molecule has 0 aromatic carbocycles. The summed E-state index contributed by atoms with van der Waals surface area (Å²) in [6.45, 7) is 6.40. The van der Waals surface area contributed by atoms with Gasteiger partial charge < -0.3 is 15.8 Å². The lowest BCUT2D eigenvalue weighted by molar-refractivity contribution is -0.0795. The van der Waals surface area contributed by atoms with Crippen LogP contribution >= 0.6 is 15.9 Å². The van der Waals surface area contributed by atoms with Crippen molar-refractivity contribution in [3.8, 4) is 0 Å². The summed E-state index contributed by atoms with van der Waals surface area (Å²) in [5.41, 5.74) is 7.66. The molecule has 1 aromatic rings. The van der Waals surface area contributed by atoms with Gasteiger partial charge in [-0.3, -0.25) is 0 Å². The molecule has 5 heteroatoms. The van der Waals surface area contributed by atoms with Gasteiger partial charge in [-0.2, -0.15) is 0 Å². The number of aromatic nitrogens is 1. The molecule has 1 heterocycles. The van der Waals surface area contributed by atoms with E-state index in [1.165, 1.54) is 0 Å². The van der Waals surface area contributed by atoms with Crippen molar-refractivity contribution in [2.75, 3.05) is 18.2 Å². The largest absolute Gasteiger partial charge is 0.397 e. The number of pyridine rings is 1. The number of anilines is 2. The Morgan fingerprint density at radius 1 is 1.56 bits per heavy atom. The third kappa shape index (κ3) is 2.10. The van der Waals surface area contributed by atoms with E-state index in [0.29, 0.717) is 17.8 Å². The van der Waals surface area contributed by atoms with Crippen LogP contribution in [0.15, 0.2) is 10.7 Å². The fraction of sp³-hybridized carbons (Fsp3) is 0.615. The first-order valence-electron chi connectivity index (χ1n) is 6.07. The number of methoxy groups -OCH3 is 1. The highest BCUT2D eigenvalue weighted by Gasteiger charge is 2.48. The molecule has 1 saturated carbocycles. The second-order valence-corrected chi connectivity index (χ2v) is 6.27. The van der Waals surface area contributed by atoms with Crippen LogP contribution in [0.25, 0.3) is 0 Å². The molecule has 0 spiro atoms. The van der Waals surface area contributed by atoms with Crippen LogP contribution in [0.2, 0.25) is 0 Å². The Bertz CT molecular complexity index is 462. The lowest BCUT2D eigenvalue weighted by Crippen LogP contribution is -2.57. The summed E-state index contributed by atoms with van der Waals surface area (Å²) in [4.78, 5) is 4.35. The SMILES string of the molecule is COC1CC(Nc2ncc(N)c(C)c2Br)C1(C)C. The van der Waals surface area contributed by atoms with E-state index in [1.54, 1.807) is 13.3 Å². The number of ether oxygens (including phenoxy) is 1. The lowest BCUT2D eigenvalue weighted by Gasteiger charge is -2.51. The van der Waals surface area contributed by atoms with Gasteiger partial charge in [-0.15, -0.1) is 0 Å². The zero-order valence-electron chi connectivity index (χ0n) is 11.2. The molecule has 4 nitrogen and oxygen atoms in total. The van der Waals surface area contributed by atoms with E-state index in [9.17, 15) is 0 Å². The molecular weight excluding hydrogens is 294 g/mol. The van der Waals surface area contributed by atoms with Crippen molar-refractivity contribution in [2.45, 2.75) is 39.3 Å². The first-order valence-corrected chi connectivity index (χ1v) is 6.87. The van der Waals surface area contributed by atoms with Crippen molar-refractivity contribution in [1.29, 1.82) is 0 Å². The Labute approximate surface area is 116 Å². The van der Waals surface area contributed by atoms with E-state index in [0.717, 1.165) is 22.3 Å². The van der Waals surface area contributed by atoms with Gasteiger partial charge in [0, 0.05) is 18.6 Å². The summed E-state index contributed by atoms with van der Waals surface area (Å²) in [5, 5.41) is 3.48. The Balaban J connectivity index is 2.15. The second kappa shape index (κ2) is 4.70. The van der Waals surface area contributed by atoms with Crippen molar-refractivity contribution in [3.05, 3.63) is 16.2 Å². The van der Waals surface area contributed by atoms with Gasteiger partial charge in [0.2, 0.25) is 0 Å². The number of hydrogen-bond acceptors (Lipinski definition) is 4. The number of hydrogen-bond donors (Lipinski definition) is 2. The van der Waals surface area contributed by atoms with Crippen molar-refractivity contribution in [1.82, 2.24) is 4.98 Å². The predicted molar refractivity (Wildman–Crippen MR) is 77.7 cm³/mol. The standard InChI is InChI=1S/C13H20BrN3O/c1-7-8(15)6-16-12(11(7)14)17-9-5-10(18-4)13(9,2)3/h6,9-10H,5,15H2,1-4H3,(H,16,17). The number of halogens is 1. The van der Waals surface area contributed by atoms with Crippen LogP contribution in [0.1, 0.15) is 25.8 Å². The average Bonchev–Trinajstić information content (AvgIpc) is 2.33. The summed E-state index contributed by atoms with van der Waals surface area (Å²) >= 11 is 3.55. The first kappa shape index (κ1) is 13.6. The summed E-state index contributed by atoms with van der Waals surface area (Å²) in [5.74, 6) is 0.856. The third-order valence-corrected chi connectivity index (χ3v) is 5.05. The molecule has 1 aliphatic carbocycles. The summed E-state index contributed by atoms with van der Waals surface area (Å²) < 4.78 is 6.39. The van der Waals surface area contributed by atoms with Gasteiger partial charge in [0.15, 0.2) is 0 Å². The topological polar surface area (TPSA) is 60.2 Å². The number of nitrogen functional groups attached to an aromatic ring is 1. The van der Waals surface area contributed by atoms with Crippen LogP contribution < -0.4 is 11.1 Å². The zero-order chi connectivity index (χ0) is 13.5. The van der Waals surface area contributed by atoms with Gasteiger partial charge in [-0.05, 0) is 34.8 Å². The van der Waals surface area contributed by atoms with E-state index in [1.807, 2.05) is 6.92 Å². The Morgan fingerprint density at radius 2 is 2.22 bits per heavy atom. The maximum Gasteiger partial charge on any atom is 0.140 e. The quantitative estimate of drug-likeness (QED) is 0.900. The zero-order valence-corrected chi connectivity index (χ0v) is 12.8. The third-order valence-electron chi connectivity index (χ3n) is 4.08. The molecule has 2 atom stereocenters. The molecule has 1 aromatic heterocycles. The number of nitrogens with two attached hydrogens (primary N) is 1. The highest BCUT2D eigenvalue weighted by Crippen LogP contribution is 2.44. The molecule has 18 heavy (non-hydrogen) atoms. The Kier molecular flexibility index (Phi) is 3.56. The minimum Gasteiger partial charge on any atom is -0.397 e. The molecule has 100 valence electrons. The molecule has 0 aliphatic heterocycles. The Hall–Kier alpha value is -0.810. The Morgan fingerprint density at radius 3 is 2.78 bits per heavy atom. The van der Waals surface area contributed by atoms with Crippen LogP contribution in [0.4, 0.5) is 11.5 Å². The van der Waals surface area contributed by atoms with Gasteiger partial charge in [0.05, 0.1) is 22.5 Å². The van der Waals surface area contributed by atoms with Crippen LogP contribution in [-0.4, -0.2) is 24.2 Å². The highest BCUT2D eigenvalue weighted by molar-refractivity contribution is 9.10. The highest BCUT2D eigenvalue weighted by atomic mass is 79.9. The van der Waals surface area contributed by atoms with Crippen molar-refractivity contribution in [3.63, 3.8) is 0 Å². The van der Waals surface area contributed by atoms with Gasteiger partial charge >= 0.3 is 0 Å².